The number of aliphatic hydroxyl groups excluding tert-OH is 2. The first kappa shape index (κ1) is 8.89. The van der Waals surface area contributed by atoms with Crippen molar-refractivity contribution in [3.63, 3.8) is 0 Å². The summed E-state index contributed by atoms with van der Waals surface area (Å²) in [6.45, 7) is 0.884. The van der Waals surface area contributed by atoms with Gasteiger partial charge < -0.3 is 24.4 Å². The van der Waals surface area contributed by atoms with Gasteiger partial charge in [-0.25, -0.2) is 0 Å². The fourth-order valence-electron chi connectivity index (χ4n) is 0.763. The van der Waals surface area contributed by atoms with E-state index in [1.807, 2.05) is 0 Å². The van der Waals surface area contributed by atoms with Gasteiger partial charge in [-0.05, 0) is 0 Å². The number of rotatable bonds is 3. The minimum absolute atomic E-state index is 0.303. The van der Waals surface area contributed by atoms with Crippen LogP contribution in [0.3, 0.4) is 0 Å². The second-order valence-corrected chi connectivity index (χ2v) is 2.15. The van der Waals surface area contributed by atoms with Crippen LogP contribution < -0.4 is 0 Å². The van der Waals surface area contributed by atoms with E-state index in [-0.39, 0.29) is 0 Å². The molecule has 0 saturated carbocycles. The molecule has 0 spiro atoms. The quantitative estimate of drug-likeness (QED) is 0.507. The molecule has 2 unspecified atom stereocenters. The molecular formula is C6H12O5. The molecule has 2 N–H and O–H groups in total. The smallest absolute Gasteiger partial charge is 0.184 e. The van der Waals surface area contributed by atoms with Crippen LogP contribution in [0.15, 0.2) is 0 Å². The SMILES string of the molecule is OCC(O)OC1COCCO1. The van der Waals surface area contributed by atoms with Crippen molar-refractivity contribution in [3.8, 4) is 0 Å². The van der Waals surface area contributed by atoms with Gasteiger partial charge in [-0.2, -0.15) is 0 Å². The normalized spacial score (nSPS) is 28.4. The van der Waals surface area contributed by atoms with Crippen LogP contribution in [0.2, 0.25) is 0 Å². The van der Waals surface area contributed by atoms with Crippen molar-refractivity contribution in [1.82, 2.24) is 0 Å². The molecular weight excluding hydrogens is 152 g/mol. The van der Waals surface area contributed by atoms with Gasteiger partial charge in [0.05, 0.1) is 26.4 Å². The van der Waals surface area contributed by atoms with Gasteiger partial charge in [-0.15, -0.1) is 0 Å². The summed E-state index contributed by atoms with van der Waals surface area (Å²) in [6.07, 6.45) is -1.73. The van der Waals surface area contributed by atoms with Gasteiger partial charge >= 0.3 is 0 Å². The second kappa shape index (κ2) is 4.63. The third-order valence-corrected chi connectivity index (χ3v) is 1.25. The fourth-order valence-corrected chi connectivity index (χ4v) is 0.763. The van der Waals surface area contributed by atoms with Crippen LogP contribution in [0, 0.1) is 0 Å². The zero-order valence-corrected chi connectivity index (χ0v) is 6.10. The van der Waals surface area contributed by atoms with Crippen molar-refractivity contribution < 1.29 is 24.4 Å². The zero-order valence-electron chi connectivity index (χ0n) is 6.10. The maximum atomic E-state index is 8.80. The van der Waals surface area contributed by atoms with E-state index >= 15 is 0 Å². The highest BCUT2D eigenvalue weighted by atomic mass is 16.8. The van der Waals surface area contributed by atoms with Gasteiger partial charge in [0, 0.05) is 0 Å². The molecule has 1 heterocycles. The minimum atomic E-state index is -1.18. The Morgan fingerprint density at radius 3 is 2.91 bits per heavy atom. The summed E-state index contributed by atoms with van der Waals surface area (Å²) in [6, 6.07) is 0. The van der Waals surface area contributed by atoms with Crippen LogP contribution in [0.4, 0.5) is 0 Å². The Balaban J connectivity index is 2.13. The molecule has 5 heteroatoms. The lowest BCUT2D eigenvalue weighted by atomic mass is 10.6. The molecule has 1 saturated heterocycles. The third-order valence-electron chi connectivity index (χ3n) is 1.25. The number of aliphatic hydroxyl groups is 2. The van der Waals surface area contributed by atoms with Gasteiger partial charge in [0.25, 0.3) is 0 Å². The van der Waals surface area contributed by atoms with Crippen molar-refractivity contribution >= 4 is 0 Å². The van der Waals surface area contributed by atoms with Gasteiger partial charge in [0.2, 0.25) is 0 Å². The average Bonchev–Trinajstić information content (AvgIpc) is 2.06. The summed E-state index contributed by atoms with van der Waals surface area (Å²) in [5.74, 6) is 0. The topological polar surface area (TPSA) is 68.2 Å². The Labute approximate surface area is 64.5 Å². The van der Waals surface area contributed by atoms with E-state index in [1.165, 1.54) is 0 Å². The molecule has 0 amide bonds. The van der Waals surface area contributed by atoms with Gasteiger partial charge in [0.1, 0.15) is 0 Å². The number of hydrogen-bond donors (Lipinski definition) is 2. The van der Waals surface area contributed by atoms with Crippen LogP contribution in [-0.4, -0.2) is 49.2 Å². The molecule has 5 nitrogen and oxygen atoms in total. The molecule has 1 aliphatic heterocycles. The Morgan fingerprint density at radius 1 is 1.55 bits per heavy atom. The largest absolute Gasteiger partial charge is 0.391 e. The first-order valence-electron chi connectivity index (χ1n) is 3.46. The van der Waals surface area contributed by atoms with E-state index in [1.54, 1.807) is 0 Å². The molecule has 0 aliphatic carbocycles. The minimum Gasteiger partial charge on any atom is -0.391 e. The van der Waals surface area contributed by atoms with Gasteiger partial charge in [-0.1, -0.05) is 0 Å². The highest BCUT2D eigenvalue weighted by Crippen LogP contribution is 2.03. The molecule has 1 rings (SSSR count). The highest BCUT2D eigenvalue weighted by Gasteiger charge is 2.17. The molecule has 0 aromatic heterocycles. The summed E-state index contributed by atoms with van der Waals surface area (Å²) in [5.41, 5.74) is 0. The van der Waals surface area contributed by atoms with Crippen molar-refractivity contribution in [1.29, 1.82) is 0 Å². The predicted octanol–water partition coefficient (Wildman–Crippen LogP) is -1.31. The first-order valence-corrected chi connectivity index (χ1v) is 3.46. The lowest BCUT2D eigenvalue weighted by Crippen LogP contribution is -2.35. The van der Waals surface area contributed by atoms with E-state index in [0.29, 0.717) is 19.8 Å². The van der Waals surface area contributed by atoms with Crippen molar-refractivity contribution in [3.05, 3.63) is 0 Å². The summed E-state index contributed by atoms with van der Waals surface area (Å²) in [7, 11) is 0. The van der Waals surface area contributed by atoms with Crippen molar-refractivity contribution in [2.24, 2.45) is 0 Å². The molecule has 0 aromatic carbocycles. The Morgan fingerprint density at radius 2 is 2.36 bits per heavy atom. The van der Waals surface area contributed by atoms with Crippen molar-refractivity contribution in [2.45, 2.75) is 12.6 Å². The number of ether oxygens (including phenoxy) is 3. The third kappa shape index (κ3) is 3.13. The summed E-state index contributed by atoms with van der Waals surface area (Å²) in [5, 5.41) is 17.2. The van der Waals surface area contributed by atoms with E-state index in [0.717, 1.165) is 0 Å². The molecule has 0 radical (unpaired) electrons. The summed E-state index contributed by atoms with van der Waals surface area (Å²) < 4.78 is 14.8. The first-order chi connectivity index (χ1) is 5.33. The highest BCUT2D eigenvalue weighted by molar-refractivity contribution is 4.49. The predicted molar refractivity (Wildman–Crippen MR) is 34.7 cm³/mol. The van der Waals surface area contributed by atoms with Crippen LogP contribution in [-0.2, 0) is 14.2 Å². The lowest BCUT2D eigenvalue weighted by molar-refractivity contribution is -0.274. The number of hydrogen-bond acceptors (Lipinski definition) is 5. The fraction of sp³-hybridized carbons (Fsp3) is 1.00. The van der Waals surface area contributed by atoms with Gasteiger partial charge in [0.15, 0.2) is 12.6 Å². The van der Waals surface area contributed by atoms with Crippen LogP contribution in [0.1, 0.15) is 0 Å². The van der Waals surface area contributed by atoms with Crippen molar-refractivity contribution in [2.75, 3.05) is 26.4 Å². The standard InChI is InChI=1S/C6H12O5/c7-3-5(8)11-6-4-9-1-2-10-6/h5-8H,1-4H2. The molecule has 1 aliphatic rings. The van der Waals surface area contributed by atoms with Crippen LogP contribution >= 0.6 is 0 Å². The monoisotopic (exact) mass is 164 g/mol. The van der Waals surface area contributed by atoms with Crippen LogP contribution in [0.25, 0.3) is 0 Å². The lowest BCUT2D eigenvalue weighted by Gasteiger charge is -2.24. The molecule has 0 aromatic rings. The maximum absolute atomic E-state index is 8.80. The molecule has 1 fully saturated rings. The molecule has 0 bridgehead atoms. The summed E-state index contributed by atoms with van der Waals surface area (Å²) >= 11 is 0. The molecule has 66 valence electrons. The average molecular weight is 164 g/mol. The van der Waals surface area contributed by atoms with E-state index in [9.17, 15) is 0 Å². The maximum Gasteiger partial charge on any atom is 0.184 e. The zero-order chi connectivity index (χ0) is 8.10. The Bertz CT molecular complexity index is 101. The van der Waals surface area contributed by atoms with Crippen LogP contribution in [0.5, 0.6) is 0 Å². The van der Waals surface area contributed by atoms with Gasteiger partial charge in [-0.3, -0.25) is 0 Å². The Kier molecular flexibility index (Phi) is 3.74. The van der Waals surface area contributed by atoms with E-state index in [4.69, 9.17) is 24.4 Å². The molecule has 11 heavy (non-hydrogen) atoms. The Hall–Kier alpha value is -0.200. The second-order valence-electron chi connectivity index (χ2n) is 2.15. The van der Waals surface area contributed by atoms with E-state index in [2.05, 4.69) is 0 Å². The molecule has 2 atom stereocenters. The van der Waals surface area contributed by atoms with E-state index < -0.39 is 19.2 Å². The summed E-state index contributed by atoms with van der Waals surface area (Å²) in [4.78, 5) is 0.